The minimum Gasteiger partial charge on any atom is -0.472 e. The van der Waals surface area contributed by atoms with E-state index in [0.29, 0.717) is 38.0 Å². The number of para-hydroxylation sites is 1. The lowest BCUT2D eigenvalue weighted by molar-refractivity contribution is -0.141. The second-order valence-corrected chi connectivity index (χ2v) is 17.6. The second-order valence-electron chi connectivity index (χ2n) is 15.7. The monoisotopic (exact) mass is 745 g/mol. The Morgan fingerprint density at radius 1 is 0.962 bits per heavy atom. The van der Waals surface area contributed by atoms with Crippen LogP contribution in [0.1, 0.15) is 78.6 Å². The minimum atomic E-state index is -3.88. The molecule has 0 spiro atoms. The number of hydrogen-bond acceptors (Lipinski definition) is 9. The van der Waals surface area contributed by atoms with Crippen molar-refractivity contribution in [3.05, 3.63) is 60.7 Å². The van der Waals surface area contributed by atoms with E-state index in [9.17, 15) is 27.6 Å². The van der Waals surface area contributed by atoms with Gasteiger partial charge in [0.1, 0.15) is 29.3 Å². The van der Waals surface area contributed by atoms with E-state index in [4.69, 9.17) is 14.5 Å². The third-order valence-electron chi connectivity index (χ3n) is 10.4. The number of sulfonamides is 1. The Morgan fingerprint density at radius 3 is 2.42 bits per heavy atom. The molecule has 0 bridgehead atoms. The number of amides is 4. The summed E-state index contributed by atoms with van der Waals surface area (Å²) in [6.45, 7) is 5.21. The molecule has 3 N–H and O–H groups in total. The van der Waals surface area contributed by atoms with Gasteiger partial charge in [0.25, 0.3) is 5.91 Å². The fourth-order valence-corrected chi connectivity index (χ4v) is 8.78. The summed E-state index contributed by atoms with van der Waals surface area (Å²) < 4.78 is 40.0. The van der Waals surface area contributed by atoms with Gasteiger partial charge in [-0.2, -0.15) is 0 Å². The van der Waals surface area contributed by atoms with Crippen molar-refractivity contribution in [3.8, 4) is 5.88 Å². The van der Waals surface area contributed by atoms with Gasteiger partial charge in [-0.3, -0.25) is 19.1 Å². The summed E-state index contributed by atoms with van der Waals surface area (Å²) in [6.07, 6.45) is 6.87. The van der Waals surface area contributed by atoms with Gasteiger partial charge in [-0.05, 0) is 76.8 Å². The van der Waals surface area contributed by atoms with Gasteiger partial charge >= 0.3 is 6.09 Å². The average Bonchev–Trinajstić information content (AvgIpc) is 4.03. The molecule has 3 fully saturated rings. The predicted octanol–water partition coefficient (Wildman–Crippen LogP) is 4.63. The number of benzene rings is 2. The summed E-state index contributed by atoms with van der Waals surface area (Å²) in [7, 11) is -3.88. The van der Waals surface area contributed by atoms with E-state index in [2.05, 4.69) is 15.4 Å². The highest BCUT2D eigenvalue weighted by molar-refractivity contribution is 7.91. The summed E-state index contributed by atoms with van der Waals surface area (Å²) in [6, 6.07) is 13.4. The number of aromatic nitrogens is 1. The van der Waals surface area contributed by atoms with Crippen LogP contribution in [0.3, 0.4) is 0 Å². The minimum absolute atomic E-state index is 0.00480. The molecule has 13 nitrogen and oxygen atoms in total. The van der Waals surface area contributed by atoms with Crippen molar-refractivity contribution >= 4 is 55.5 Å². The lowest BCUT2D eigenvalue weighted by Crippen LogP contribution is -2.58. The zero-order chi connectivity index (χ0) is 37.5. The molecule has 1 saturated heterocycles. The number of nitrogens with one attached hydrogen (secondary N) is 3. The first-order chi connectivity index (χ1) is 25.2. The molecular formula is C39H47N5O8S. The van der Waals surface area contributed by atoms with E-state index in [1.165, 1.54) is 4.90 Å². The molecule has 2 saturated carbocycles. The summed E-state index contributed by atoms with van der Waals surface area (Å²) in [5.74, 6) is -1.93. The number of hydrogen-bond donors (Lipinski definition) is 3. The highest BCUT2D eigenvalue weighted by atomic mass is 32.2. The fraction of sp³-hybridized carbons (Fsp3) is 0.513. The highest BCUT2D eigenvalue weighted by Gasteiger charge is 2.62. The number of alkyl carbamates (subject to hydrolysis) is 1. The average molecular weight is 746 g/mol. The Hall–Kier alpha value is -4.72. The van der Waals surface area contributed by atoms with Crippen molar-refractivity contribution in [2.45, 2.75) is 113 Å². The number of pyridine rings is 1. The first kappa shape index (κ1) is 36.6. The SMILES string of the molecule is CC(C)(C)OC(=O)NC1CCCCC/C=C\C2C[C@@]2(C(=O)NS(=O)(=O)C2CC2)NC(=O)[C@@H]2C[C@@H](Oc3nc4ccccc4c4ccccc34)CN2C1=O. The van der Waals surface area contributed by atoms with Crippen molar-refractivity contribution in [3.63, 3.8) is 0 Å². The van der Waals surface area contributed by atoms with Gasteiger partial charge in [0.2, 0.25) is 27.7 Å². The first-order valence-corrected chi connectivity index (χ1v) is 20.1. The summed E-state index contributed by atoms with van der Waals surface area (Å²) in [5.41, 5.74) is -1.56. The molecule has 7 rings (SSSR count). The Kier molecular flexibility index (Phi) is 9.85. The van der Waals surface area contributed by atoms with Crippen LogP contribution in [0.5, 0.6) is 5.88 Å². The van der Waals surface area contributed by atoms with E-state index < -0.39 is 74.3 Å². The topological polar surface area (TPSA) is 173 Å². The third kappa shape index (κ3) is 7.97. The van der Waals surface area contributed by atoms with Crippen LogP contribution < -0.4 is 20.1 Å². The molecule has 0 radical (unpaired) electrons. The van der Waals surface area contributed by atoms with Crippen molar-refractivity contribution in [2.75, 3.05) is 6.54 Å². The molecule has 2 aliphatic heterocycles. The zero-order valence-electron chi connectivity index (χ0n) is 30.3. The number of nitrogens with zero attached hydrogens (tertiary/aromatic N) is 2. The van der Waals surface area contributed by atoms with Gasteiger partial charge in [-0.25, -0.2) is 18.2 Å². The highest BCUT2D eigenvalue weighted by Crippen LogP contribution is 2.46. The number of ether oxygens (including phenoxy) is 2. The molecule has 2 aromatic carbocycles. The maximum Gasteiger partial charge on any atom is 0.408 e. The normalized spacial score (nSPS) is 27.4. The molecule has 4 amide bonds. The van der Waals surface area contributed by atoms with Gasteiger partial charge in [0.15, 0.2) is 0 Å². The Morgan fingerprint density at radius 2 is 1.68 bits per heavy atom. The second kappa shape index (κ2) is 14.3. The quantitative estimate of drug-likeness (QED) is 0.240. The lowest BCUT2D eigenvalue weighted by Gasteiger charge is -2.30. The van der Waals surface area contributed by atoms with Crippen LogP contribution >= 0.6 is 0 Å². The van der Waals surface area contributed by atoms with Crippen LogP contribution in [-0.2, 0) is 29.1 Å². The Labute approximate surface area is 309 Å². The van der Waals surface area contributed by atoms with Crippen molar-refractivity contribution in [1.82, 2.24) is 25.2 Å². The molecule has 3 aromatic rings. The maximum atomic E-state index is 14.5. The summed E-state index contributed by atoms with van der Waals surface area (Å²) in [4.78, 5) is 61.8. The van der Waals surface area contributed by atoms with E-state index >= 15 is 0 Å². The molecule has 5 atom stereocenters. The zero-order valence-corrected chi connectivity index (χ0v) is 31.1. The number of rotatable bonds is 6. The largest absolute Gasteiger partial charge is 0.472 e. The Bertz CT molecular complexity index is 2080. The Balaban J connectivity index is 1.21. The predicted molar refractivity (Wildman–Crippen MR) is 198 cm³/mol. The summed E-state index contributed by atoms with van der Waals surface area (Å²) in [5, 5.41) is 7.70. The van der Waals surface area contributed by atoms with Gasteiger partial charge in [0, 0.05) is 23.1 Å². The number of carbonyl (C=O) groups is 4. The van der Waals surface area contributed by atoms with Crippen LogP contribution in [0.15, 0.2) is 60.7 Å². The molecular weight excluding hydrogens is 699 g/mol. The van der Waals surface area contributed by atoms with Gasteiger partial charge < -0.3 is 25.0 Å². The van der Waals surface area contributed by atoms with Gasteiger partial charge in [-0.15, -0.1) is 0 Å². The van der Waals surface area contributed by atoms with E-state index in [0.717, 1.165) is 34.5 Å². The molecule has 14 heteroatoms. The van der Waals surface area contributed by atoms with E-state index in [1.54, 1.807) is 20.8 Å². The number of carbonyl (C=O) groups excluding carboxylic acids is 4. The summed E-state index contributed by atoms with van der Waals surface area (Å²) >= 11 is 0. The molecule has 3 heterocycles. The molecule has 1 aromatic heterocycles. The molecule has 53 heavy (non-hydrogen) atoms. The molecule has 2 unspecified atom stereocenters. The third-order valence-corrected chi connectivity index (χ3v) is 12.2. The van der Waals surface area contributed by atoms with Crippen LogP contribution in [0.2, 0.25) is 0 Å². The van der Waals surface area contributed by atoms with Crippen LogP contribution in [-0.4, -0.2) is 83.2 Å². The van der Waals surface area contributed by atoms with E-state index in [-0.39, 0.29) is 19.4 Å². The number of allylic oxidation sites excluding steroid dienone is 1. The first-order valence-electron chi connectivity index (χ1n) is 18.5. The van der Waals surface area contributed by atoms with Gasteiger partial charge in [0.05, 0.1) is 17.3 Å². The van der Waals surface area contributed by atoms with Crippen molar-refractivity contribution < 1.29 is 37.1 Å². The van der Waals surface area contributed by atoms with Crippen LogP contribution in [0, 0.1) is 5.92 Å². The van der Waals surface area contributed by atoms with Crippen LogP contribution in [0.4, 0.5) is 4.79 Å². The lowest BCUT2D eigenvalue weighted by atomic mass is 10.0. The number of fused-ring (bicyclic) bond motifs is 5. The molecule has 282 valence electrons. The van der Waals surface area contributed by atoms with Crippen molar-refractivity contribution in [1.29, 1.82) is 0 Å². The van der Waals surface area contributed by atoms with Crippen molar-refractivity contribution in [2.24, 2.45) is 5.92 Å². The maximum absolute atomic E-state index is 14.5. The van der Waals surface area contributed by atoms with Crippen LogP contribution in [0.25, 0.3) is 21.7 Å². The molecule has 4 aliphatic rings. The molecule has 2 aliphatic carbocycles. The smallest absolute Gasteiger partial charge is 0.408 e. The standard InChI is InChI=1S/C39H47N5O8S/c1-38(2,3)52-37(48)41-31-18-8-6-4-5-7-13-24-22-39(24,36(47)43-53(49,50)26-19-20-26)42-33(45)32-21-25(23-44(32)35(31)46)51-34-29-16-10-9-14-27(29)28-15-11-12-17-30(28)40-34/h7,9-17,24-26,31-32H,4-6,8,18-23H2,1-3H3,(H,41,48)(H,42,45)(H,43,47)/b13-7-/t24?,25-,31?,32+,39-/m1/s1. The van der Waals surface area contributed by atoms with Gasteiger partial charge in [-0.1, -0.05) is 61.4 Å². The van der Waals surface area contributed by atoms with E-state index in [1.807, 2.05) is 60.7 Å². The fourth-order valence-electron chi connectivity index (χ4n) is 7.42.